The number of fused-ring (bicyclic) bond motifs is 5. The van der Waals surface area contributed by atoms with E-state index < -0.39 is 0 Å². The summed E-state index contributed by atoms with van der Waals surface area (Å²) in [7, 11) is 0. The van der Waals surface area contributed by atoms with Gasteiger partial charge in [0.05, 0.1) is 12.2 Å². The second-order valence-electron chi connectivity index (χ2n) is 11.5. The van der Waals surface area contributed by atoms with E-state index >= 15 is 0 Å². The zero-order valence-electron chi connectivity index (χ0n) is 17.0. The maximum atomic E-state index is 10.6. The monoisotopic (exact) mass is 360 g/mol. The molecule has 0 saturated heterocycles. The van der Waals surface area contributed by atoms with Crippen LogP contribution in [-0.2, 0) is 0 Å². The van der Waals surface area contributed by atoms with Gasteiger partial charge in [-0.25, -0.2) is 0 Å². The van der Waals surface area contributed by atoms with Gasteiger partial charge in [0.25, 0.3) is 0 Å². The summed E-state index contributed by atoms with van der Waals surface area (Å²) in [4.78, 5) is 0. The molecule has 148 valence electrons. The van der Waals surface area contributed by atoms with Gasteiger partial charge in [-0.15, -0.1) is 0 Å². The summed E-state index contributed by atoms with van der Waals surface area (Å²) in [5.74, 6) is 4.90. The van der Waals surface area contributed by atoms with Gasteiger partial charge in [-0.2, -0.15) is 0 Å². The quantitative estimate of drug-likeness (QED) is 0.729. The number of rotatable bonds is 3. The van der Waals surface area contributed by atoms with E-state index in [0.717, 1.165) is 48.9 Å². The van der Waals surface area contributed by atoms with Crippen LogP contribution in [0.15, 0.2) is 0 Å². The largest absolute Gasteiger partial charge is 0.393 e. The molecule has 9 atom stereocenters. The van der Waals surface area contributed by atoms with E-state index in [4.69, 9.17) is 0 Å². The molecule has 0 aromatic carbocycles. The van der Waals surface area contributed by atoms with Crippen molar-refractivity contribution in [1.29, 1.82) is 0 Å². The first-order valence-corrected chi connectivity index (χ1v) is 11.8. The highest BCUT2D eigenvalue weighted by Crippen LogP contribution is 2.68. The average Bonchev–Trinajstić information content (AvgIpc) is 3.40. The minimum absolute atomic E-state index is 0.0126. The number of aliphatic hydroxyl groups is 2. The highest BCUT2D eigenvalue weighted by Gasteiger charge is 2.60. The molecule has 0 bridgehead atoms. The van der Waals surface area contributed by atoms with Gasteiger partial charge < -0.3 is 10.2 Å². The van der Waals surface area contributed by atoms with Crippen LogP contribution in [0.1, 0.15) is 90.9 Å². The van der Waals surface area contributed by atoms with E-state index in [1.54, 1.807) is 0 Å². The van der Waals surface area contributed by atoms with Crippen LogP contribution in [0.25, 0.3) is 0 Å². The lowest BCUT2D eigenvalue weighted by molar-refractivity contribution is -0.128. The van der Waals surface area contributed by atoms with Crippen molar-refractivity contribution in [3.63, 3.8) is 0 Å². The fourth-order valence-corrected chi connectivity index (χ4v) is 8.70. The van der Waals surface area contributed by atoms with Gasteiger partial charge in [0.1, 0.15) is 0 Å². The summed E-state index contributed by atoms with van der Waals surface area (Å²) in [6.07, 6.45) is 15.3. The molecule has 2 heteroatoms. The van der Waals surface area contributed by atoms with Crippen molar-refractivity contribution < 1.29 is 10.2 Å². The minimum atomic E-state index is -0.0294. The van der Waals surface area contributed by atoms with Gasteiger partial charge in [-0.05, 0) is 123 Å². The molecule has 0 amide bonds. The van der Waals surface area contributed by atoms with Crippen LogP contribution in [0.3, 0.4) is 0 Å². The fraction of sp³-hybridized carbons (Fsp3) is 1.00. The van der Waals surface area contributed by atoms with Gasteiger partial charge in [0, 0.05) is 0 Å². The molecule has 5 saturated carbocycles. The second-order valence-corrected chi connectivity index (χ2v) is 11.5. The van der Waals surface area contributed by atoms with Crippen LogP contribution >= 0.6 is 0 Å². The van der Waals surface area contributed by atoms with E-state index in [2.05, 4.69) is 13.8 Å². The third-order valence-electron chi connectivity index (χ3n) is 10.5. The zero-order chi connectivity index (χ0) is 18.1. The molecule has 26 heavy (non-hydrogen) atoms. The molecule has 0 aromatic rings. The molecule has 0 aromatic heterocycles. The smallest absolute Gasteiger partial charge is 0.0571 e. The molecule has 0 radical (unpaired) electrons. The Morgan fingerprint density at radius 1 is 0.846 bits per heavy atom. The first-order chi connectivity index (χ1) is 12.4. The first kappa shape index (κ1) is 18.0. The Kier molecular flexibility index (Phi) is 4.29. The van der Waals surface area contributed by atoms with Crippen molar-refractivity contribution in [2.75, 3.05) is 0 Å². The Morgan fingerprint density at radius 3 is 2.35 bits per heavy atom. The van der Waals surface area contributed by atoms with Crippen LogP contribution in [0.2, 0.25) is 0 Å². The molecule has 5 rings (SSSR count). The maximum absolute atomic E-state index is 10.6. The molecule has 2 nitrogen and oxygen atoms in total. The first-order valence-electron chi connectivity index (χ1n) is 11.8. The predicted molar refractivity (Wildman–Crippen MR) is 105 cm³/mol. The molecule has 5 aliphatic carbocycles. The topological polar surface area (TPSA) is 40.5 Å². The van der Waals surface area contributed by atoms with Gasteiger partial charge in [-0.1, -0.05) is 13.8 Å². The van der Waals surface area contributed by atoms with Crippen LogP contribution in [0.5, 0.6) is 0 Å². The maximum Gasteiger partial charge on any atom is 0.0571 e. The molecule has 7 unspecified atom stereocenters. The van der Waals surface area contributed by atoms with Crippen LogP contribution in [0.4, 0.5) is 0 Å². The highest BCUT2D eigenvalue weighted by atomic mass is 16.3. The van der Waals surface area contributed by atoms with Crippen molar-refractivity contribution in [2.24, 2.45) is 46.3 Å². The normalized spacial score (nSPS) is 54.9. The third-order valence-corrected chi connectivity index (χ3v) is 10.5. The number of hydrogen-bond acceptors (Lipinski definition) is 2. The van der Waals surface area contributed by atoms with Crippen molar-refractivity contribution in [2.45, 2.75) is 103 Å². The summed E-state index contributed by atoms with van der Waals surface area (Å²) >= 11 is 0. The summed E-state index contributed by atoms with van der Waals surface area (Å²) in [5, 5.41) is 20.8. The van der Waals surface area contributed by atoms with Gasteiger partial charge >= 0.3 is 0 Å². The molecule has 0 aliphatic heterocycles. The Balaban J connectivity index is 1.34. The Morgan fingerprint density at radius 2 is 1.58 bits per heavy atom. The van der Waals surface area contributed by atoms with E-state index in [9.17, 15) is 10.2 Å². The Hall–Kier alpha value is -0.0800. The van der Waals surface area contributed by atoms with Crippen molar-refractivity contribution in [3.8, 4) is 0 Å². The molecule has 0 spiro atoms. The summed E-state index contributed by atoms with van der Waals surface area (Å²) in [5.41, 5.74) is 0.990. The lowest BCUT2D eigenvalue weighted by Crippen LogP contribution is -2.54. The Bertz CT molecular complexity index is 542. The molecular weight excluding hydrogens is 320 g/mol. The van der Waals surface area contributed by atoms with E-state index in [0.29, 0.717) is 16.7 Å². The van der Waals surface area contributed by atoms with Crippen LogP contribution in [0, 0.1) is 46.3 Å². The van der Waals surface area contributed by atoms with Crippen LogP contribution < -0.4 is 0 Å². The molecule has 5 fully saturated rings. The SMILES string of the molecule is CC12CCC3[C@@H](CCC4CC(O)CC[C@@]43C)C1CCC2CC(O)C1CC1. The molecular formula is C24H40O2. The second kappa shape index (κ2) is 6.21. The van der Waals surface area contributed by atoms with E-state index in [1.165, 1.54) is 57.8 Å². The predicted octanol–water partition coefficient (Wildman–Crippen LogP) is 5.17. The molecule has 2 N–H and O–H groups in total. The number of aliphatic hydroxyl groups excluding tert-OH is 2. The Labute approximate surface area is 160 Å². The minimum Gasteiger partial charge on any atom is -0.393 e. The molecule has 0 heterocycles. The van der Waals surface area contributed by atoms with Gasteiger partial charge in [0.2, 0.25) is 0 Å². The average molecular weight is 361 g/mol. The lowest BCUT2D eigenvalue weighted by Gasteiger charge is -2.61. The summed E-state index contributed by atoms with van der Waals surface area (Å²) in [6.45, 7) is 5.19. The standard InChI is InChI=1S/C24H40O2/c1-23-11-9-18(25)13-16(23)5-7-19-20-8-6-17(14-22(26)15-3-4-15)24(20,2)12-10-21(19)23/h15-22,25-26H,3-14H2,1-2H3/t16?,17?,18?,19-,20?,21?,22?,23-,24?/m0/s1. The van der Waals surface area contributed by atoms with Gasteiger partial charge in [0.15, 0.2) is 0 Å². The van der Waals surface area contributed by atoms with E-state index in [1.807, 2.05) is 0 Å². The van der Waals surface area contributed by atoms with Crippen molar-refractivity contribution in [1.82, 2.24) is 0 Å². The molecule has 5 aliphatic rings. The fourth-order valence-electron chi connectivity index (χ4n) is 8.70. The van der Waals surface area contributed by atoms with Crippen molar-refractivity contribution in [3.05, 3.63) is 0 Å². The van der Waals surface area contributed by atoms with Gasteiger partial charge in [-0.3, -0.25) is 0 Å². The third kappa shape index (κ3) is 2.65. The summed E-state index contributed by atoms with van der Waals surface area (Å²) < 4.78 is 0. The highest BCUT2D eigenvalue weighted by molar-refractivity contribution is 5.09. The van der Waals surface area contributed by atoms with Crippen molar-refractivity contribution >= 4 is 0 Å². The van der Waals surface area contributed by atoms with Crippen LogP contribution in [-0.4, -0.2) is 22.4 Å². The lowest BCUT2D eigenvalue weighted by atomic mass is 9.44. The zero-order valence-corrected chi connectivity index (χ0v) is 17.0. The van der Waals surface area contributed by atoms with E-state index in [-0.39, 0.29) is 12.2 Å². The summed E-state index contributed by atoms with van der Waals surface area (Å²) in [6, 6.07) is 0. The number of hydrogen-bond donors (Lipinski definition) is 2.